The molecular weight excluding hydrogens is 298 g/mol. The zero-order valence-electron chi connectivity index (χ0n) is 12.5. The zero-order chi connectivity index (χ0) is 16.1. The molecule has 7 nitrogen and oxygen atoms in total. The Morgan fingerprint density at radius 1 is 1.17 bits per heavy atom. The van der Waals surface area contributed by atoms with Crippen molar-refractivity contribution in [2.24, 2.45) is 0 Å². The van der Waals surface area contributed by atoms with E-state index < -0.39 is 12.1 Å². The lowest BCUT2D eigenvalue weighted by Gasteiger charge is -2.30. The quantitative estimate of drug-likeness (QED) is 0.856. The molecule has 0 saturated carbocycles. The van der Waals surface area contributed by atoms with Crippen LogP contribution in [0.5, 0.6) is 0 Å². The number of H-pyrrole nitrogens is 1. The summed E-state index contributed by atoms with van der Waals surface area (Å²) in [6.45, 7) is 1.96. The lowest BCUT2D eigenvalue weighted by atomic mass is 10.1. The van der Waals surface area contributed by atoms with Crippen LogP contribution in [0.2, 0.25) is 0 Å². The lowest BCUT2D eigenvalue weighted by molar-refractivity contribution is -0.145. The van der Waals surface area contributed by atoms with Gasteiger partial charge in [0.25, 0.3) is 5.91 Å². The molecule has 1 unspecified atom stereocenters. The van der Waals surface area contributed by atoms with E-state index >= 15 is 0 Å². The molecule has 1 aromatic carbocycles. The first kappa shape index (κ1) is 15.2. The molecule has 1 aliphatic heterocycles. The minimum Gasteiger partial charge on any atom is -0.443 e. The summed E-state index contributed by atoms with van der Waals surface area (Å²) in [6, 6.07) is 10.5. The maximum atomic E-state index is 12.8. The molecule has 1 aliphatic rings. The van der Waals surface area contributed by atoms with E-state index in [1.165, 1.54) is 12.3 Å². The monoisotopic (exact) mass is 315 g/mol. The number of hydrogen-bond donors (Lipinski definition) is 1. The molecule has 1 N–H and O–H groups in total. The Hall–Kier alpha value is -2.67. The fourth-order valence-electron chi connectivity index (χ4n) is 2.38. The Labute approximate surface area is 133 Å². The van der Waals surface area contributed by atoms with Crippen LogP contribution in [-0.4, -0.2) is 53.3 Å². The third-order valence-electron chi connectivity index (χ3n) is 3.59. The normalized spacial score (nSPS) is 15.9. The van der Waals surface area contributed by atoms with Crippen molar-refractivity contribution in [2.45, 2.75) is 6.10 Å². The number of rotatable bonds is 4. The van der Waals surface area contributed by atoms with Gasteiger partial charge in [-0.15, -0.1) is 0 Å². The molecule has 3 rings (SSSR count). The molecule has 120 valence electrons. The van der Waals surface area contributed by atoms with Gasteiger partial charge in [0.05, 0.1) is 13.2 Å². The molecule has 1 fully saturated rings. The molecule has 1 saturated heterocycles. The van der Waals surface area contributed by atoms with E-state index in [4.69, 9.17) is 9.47 Å². The fraction of sp³-hybridized carbons (Fsp3) is 0.312. The van der Waals surface area contributed by atoms with Gasteiger partial charge in [-0.2, -0.15) is 5.10 Å². The van der Waals surface area contributed by atoms with E-state index in [0.717, 1.165) is 0 Å². The topological polar surface area (TPSA) is 84.5 Å². The summed E-state index contributed by atoms with van der Waals surface area (Å²) in [6.07, 6.45) is 0.475. The summed E-state index contributed by atoms with van der Waals surface area (Å²) in [4.78, 5) is 26.6. The second-order valence-corrected chi connectivity index (χ2v) is 5.10. The number of aromatic nitrogens is 2. The van der Waals surface area contributed by atoms with Gasteiger partial charge in [0.1, 0.15) is 5.69 Å². The van der Waals surface area contributed by atoms with Gasteiger partial charge in [-0.3, -0.25) is 9.89 Å². The summed E-state index contributed by atoms with van der Waals surface area (Å²) < 4.78 is 10.7. The number of esters is 1. The standard InChI is InChI=1S/C16H17N3O4/c20-15(19-8-10-22-11-9-19)14(12-4-2-1-3-5-12)23-16(21)13-6-7-17-18-13/h1-7,14H,8-11H2,(H,17,18). The van der Waals surface area contributed by atoms with Gasteiger partial charge in [0.15, 0.2) is 0 Å². The van der Waals surface area contributed by atoms with Crippen LogP contribution in [0, 0.1) is 0 Å². The molecule has 1 aromatic heterocycles. The van der Waals surface area contributed by atoms with Crippen LogP contribution >= 0.6 is 0 Å². The van der Waals surface area contributed by atoms with Crippen LogP contribution < -0.4 is 0 Å². The van der Waals surface area contributed by atoms with Crippen LogP contribution in [0.15, 0.2) is 42.6 Å². The number of carbonyl (C=O) groups is 2. The SMILES string of the molecule is O=C(OC(C(=O)N1CCOCC1)c1ccccc1)c1ccn[nH]1. The van der Waals surface area contributed by atoms with Gasteiger partial charge in [0.2, 0.25) is 6.10 Å². The van der Waals surface area contributed by atoms with Crippen molar-refractivity contribution < 1.29 is 19.1 Å². The van der Waals surface area contributed by atoms with Gasteiger partial charge >= 0.3 is 5.97 Å². The predicted octanol–water partition coefficient (Wildman–Crippen LogP) is 1.17. The third kappa shape index (κ3) is 3.57. The Morgan fingerprint density at radius 2 is 1.91 bits per heavy atom. The number of ether oxygens (including phenoxy) is 2. The van der Waals surface area contributed by atoms with E-state index in [1.807, 2.05) is 6.07 Å². The molecule has 0 radical (unpaired) electrons. The lowest BCUT2D eigenvalue weighted by Crippen LogP contribution is -2.44. The number of amides is 1. The van der Waals surface area contributed by atoms with Crippen LogP contribution in [0.4, 0.5) is 0 Å². The van der Waals surface area contributed by atoms with Gasteiger partial charge in [-0.05, 0) is 6.07 Å². The molecule has 0 bridgehead atoms. The number of nitrogens with one attached hydrogen (secondary N) is 1. The fourth-order valence-corrected chi connectivity index (χ4v) is 2.38. The summed E-state index contributed by atoms with van der Waals surface area (Å²) in [5.74, 6) is -0.856. The minimum absolute atomic E-state index is 0.209. The van der Waals surface area contributed by atoms with Gasteiger partial charge < -0.3 is 14.4 Å². The van der Waals surface area contributed by atoms with Crippen molar-refractivity contribution in [3.8, 4) is 0 Å². The van der Waals surface area contributed by atoms with E-state index in [9.17, 15) is 9.59 Å². The van der Waals surface area contributed by atoms with Crippen molar-refractivity contribution >= 4 is 11.9 Å². The third-order valence-corrected chi connectivity index (χ3v) is 3.59. The Bertz CT molecular complexity index is 651. The molecular formula is C16H17N3O4. The largest absolute Gasteiger partial charge is 0.443 e. The highest BCUT2D eigenvalue weighted by atomic mass is 16.5. The maximum Gasteiger partial charge on any atom is 0.357 e. The van der Waals surface area contributed by atoms with Crippen LogP contribution in [0.3, 0.4) is 0 Å². The van der Waals surface area contributed by atoms with E-state index in [-0.39, 0.29) is 11.6 Å². The number of aromatic amines is 1. The van der Waals surface area contributed by atoms with E-state index in [2.05, 4.69) is 10.2 Å². The molecule has 2 aromatic rings. The van der Waals surface area contributed by atoms with E-state index in [0.29, 0.717) is 31.9 Å². The maximum absolute atomic E-state index is 12.8. The molecule has 7 heteroatoms. The van der Waals surface area contributed by atoms with Gasteiger partial charge in [-0.1, -0.05) is 30.3 Å². The first-order valence-electron chi connectivity index (χ1n) is 7.37. The number of morpholine rings is 1. The molecule has 0 spiro atoms. The first-order chi connectivity index (χ1) is 11.3. The van der Waals surface area contributed by atoms with E-state index in [1.54, 1.807) is 29.2 Å². The van der Waals surface area contributed by atoms with Crippen molar-refractivity contribution in [3.63, 3.8) is 0 Å². The van der Waals surface area contributed by atoms with Crippen molar-refractivity contribution in [1.82, 2.24) is 15.1 Å². The number of carbonyl (C=O) groups excluding carboxylic acids is 2. The van der Waals surface area contributed by atoms with Crippen molar-refractivity contribution in [1.29, 1.82) is 0 Å². The predicted molar refractivity (Wildman–Crippen MR) is 80.6 cm³/mol. The molecule has 2 heterocycles. The van der Waals surface area contributed by atoms with Gasteiger partial charge in [0, 0.05) is 24.8 Å². The highest BCUT2D eigenvalue weighted by molar-refractivity contribution is 5.91. The van der Waals surface area contributed by atoms with Crippen molar-refractivity contribution in [2.75, 3.05) is 26.3 Å². The summed E-state index contributed by atoms with van der Waals surface area (Å²) in [7, 11) is 0. The minimum atomic E-state index is -0.981. The molecule has 0 aliphatic carbocycles. The van der Waals surface area contributed by atoms with Gasteiger partial charge in [-0.25, -0.2) is 4.79 Å². The first-order valence-corrected chi connectivity index (χ1v) is 7.37. The molecule has 23 heavy (non-hydrogen) atoms. The Kier molecular flexibility index (Phi) is 4.68. The second-order valence-electron chi connectivity index (χ2n) is 5.10. The summed E-state index contributed by atoms with van der Waals surface area (Å²) in [5.41, 5.74) is 0.845. The smallest absolute Gasteiger partial charge is 0.357 e. The van der Waals surface area contributed by atoms with Crippen LogP contribution in [0.25, 0.3) is 0 Å². The Balaban J connectivity index is 1.81. The second kappa shape index (κ2) is 7.06. The molecule has 1 atom stereocenters. The zero-order valence-corrected chi connectivity index (χ0v) is 12.5. The average Bonchev–Trinajstić information content (AvgIpc) is 3.15. The average molecular weight is 315 g/mol. The Morgan fingerprint density at radius 3 is 2.57 bits per heavy atom. The number of nitrogens with zero attached hydrogens (tertiary/aromatic N) is 2. The van der Waals surface area contributed by atoms with Crippen LogP contribution in [0.1, 0.15) is 22.2 Å². The summed E-state index contributed by atoms with van der Waals surface area (Å²) >= 11 is 0. The highest BCUT2D eigenvalue weighted by Crippen LogP contribution is 2.22. The molecule has 1 amide bonds. The van der Waals surface area contributed by atoms with Crippen LogP contribution in [-0.2, 0) is 14.3 Å². The summed E-state index contributed by atoms with van der Waals surface area (Å²) in [5, 5.41) is 6.26. The highest BCUT2D eigenvalue weighted by Gasteiger charge is 2.31. The van der Waals surface area contributed by atoms with Crippen molar-refractivity contribution in [3.05, 3.63) is 53.9 Å². The number of hydrogen-bond acceptors (Lipinski definition) is 5. The number of benzene rings is 1.